The van der Waals surface area contributed by atoms with Crippen molar-refractivity contribution >= 4 is 24.4 Å². The number of hydrogen-bond donors (Lipinski definition) is 3. The highest BCUT2D eigenvalue weighted by molar-refractivity contribution is 7.51. The quantitative estimate of drug-likeness (QED) is 0.434. The summed E-state index contributed by atoms with van der Waals surface area (Å²) in [5.74, 6) is 1.98. The summed E-state index contributed by atoms with van der Waals surface area (Å²) in [6, 6.07) is 8.96. The summed E-state index contributed by atoms with van der Waals surface area (Å²) in [4.78, 5) is 39.4. The predicted molar refractivity (Wildman–Crippen MR) is 144 cm³/mol. The van der Waals surface area contributed by atoms with Gasteiger partial charge in [-0.25, -0.2) is 4.98 Å². The van der Waals surface area contributed by atoms with E-state index in [2.05, 4.69) is 22.1 Å². The van der Waals surface area contributed by atoms with Gasteiger partial charge in [0.15, 0.2) is 5.82 Å². The highest BCUT2D eigenvalue weighted by Gasteiger charge is 2.39. The molecule has 198 valence electrons. The average molecular weight is 517 g/mol. The summed E-state index contributed by atoms with van der Waals surface area (Å²) >= 11 is 0. The lowest BCUT2D eigenvalue weighted by Gasteiger charge is -2.49. The Morgan fingerprint density at radius 1 is 1.06 bits per heavy atom. The number of rotatable bonds is 8. The van der Waals surface area contributed by atoms with Crippen molar-refractivity contribution in [2.75, 3.05) is 24.6 Å². The fourth-order valence-corrected chi connectivity index (χ4v) is 7.70. The minimum Gasteiger partial charge on any atom is -0.365 e. The molecule has 1 unspecified atom stereocenters. The maximum Gasteiger partial charge on any atom is 0.327 e. The maximum atomic E-state index is 13.6. The van der Waals surface area contributed by atoms with Crippen molar-refractivity contribution in [1.29, 1.82) is 0 Å². The van der Waals surface area contributed by atoms with Gasteiger partial charge in [0.2, 0.25) is 0 Å². The SMILES string of the molecule is CCC[C@@H]1C[C@H](n2c(=O)c(NCCP(=O)(O)O)nc3ccccc32)CCN1C1C[C@H]2CCC[C@@H](C1)C2. The normalized spacial score (nSPS) is 29.4. The van der Waals surface area contributed by atoms with Crippen molar-refractivity contribution in [3.8, 4) is 0 Å². The van der Waals surface area contributed by atoms with Crippen LogP contribution >= 0.6 is 7.60 Å². The number of fused-ring (bicyclic) bond motifs is 3. The molecule has 2 saturated carbocycles. The van der Waals surface area contributed by atoms with Gasteiger partial charge >= 0.3 is 7.60 Å². The second-order valence-corrected chi connectivity index (χ2v) is 13.1. The van der Waals surface area contributed by atoms with Crippen LogP contribution in [0.2, 0.25) is 0 Å². The van der Waals surface area contributed by atoms with Gasteiger partial charge < -0.3 is 19.7 Å². The summed E-state index contributed by atoms with van der Waals surface area (Å²) in [5.41, 5.74) is 1.37. The number of aromatic nitrogens is 2. The number of nitrogens with zero attached hydrogens (tertiary/aromatic N) is 3. The first-order valence-corrected chi connectivity index (χ1v) is 15.7. The highest BCUT2D eigenvalue weighted by Crippen LogP contribution is 2.44. The number of anilines is 1. The van der Waals surface area contributed by atoms with E-state index in [1.165, 1.54) is 38.5 Å². The molecule has 3 N–H and O–H groups in total. The molecule has 2 heterocycles. The van der Waals surface area contributed by atoms with Gasteiger partial charge in [-0.05, 0) is 62.5 Å². The molecule has 0 radical (unpaired) electrons. The molecule has 0 amide bonds. The topological polar surface area (TPSA) is 108 Å². The van der Waals surface area contributed by atoms with Crippen LogP contribution in [-0.2, 0) is 4.57 Å². The number of hydrogen-bond acceptors (Lipinski definition) is 5. The summed E-state index contributed by atoms with van der Waals surface area (Å²) in [6.07, 6.45) is 12.2. The Bertz CT molecular complexity index is 1150. The Morgan fingerprint density at radius 3 is 2.53 bits per heavy atom. The Morgan fingerprint density at radius 2 is 1.81 bits per heavy atom. The van der Waals surface area contributed by atoms with Crippen molar-refractivity contribution in [3.63, 3.8) is 0 Å². The van der Waals surface area contributed by atoms with Crippen molar-refractivity contribution in [2.24, 2.45) is 11.8 Å². The Labute approximate surface area is 213 Å². The van der Waals surface area contributed by atoms with Crippen LogP contribution in [0, 0.1) is 11.8 Å². The summed E-state index contributed by atoms with van der Waals surface area (Å²) < 4.78 is 13.2. The molecule has 2 aliphatic carbocycles. The zero-order valence-corrected chi connectivity index (χ0v) is 22.3. The predicted octanol–water partition coefficient (Wildman–Crippen LogP) is 4.76. The van der Waals surface area contributed by atoms with Gasteiger partial charge in [-0.15, -0.1) is 0 Å². The fraction of sp³-hybridized carbons (Fsp3) is 0.704. The zero-order chi connectivity index (χ0) is 25.3. The largest absolute Gasteiger partial charge is 0.365 e. The van der Waals surface area contributed by atoms with Crippen LogP contribution in [0.15, 0.2) is 29.1 Å². The molecule has 5 rings (SSSR count). The van der Waals surface area contributed by atoms with Crippen LogP contribution in [0.5, 0.6) is 0 Å². The second kappa shape index (κ2) is 10.9. The van der Waals surface area contributed by atoms with Gasteiger partial charge in [0.05, 0.1) is 17.2 Å². The average Bonchev–Trinajstić information content (AvgIpc) is 2.84. The molecule has 1 aromatic heterocycles. The van der Waals surface area contributed by atoms with Gasteiger partial charge in [-0.2, -0.15) is 0 Å². The monoisotopic (exact) mass is 516 g/mol. The minimum atomic E-state index is -4.15. The van der Waals surface area contributed by atoms with E-state index in [0.29, 0.717) is 12.1 Å². The first-order chi connectivity index (χ1) is 17.3. The number of piperidine rings is 1. The van der Waals surface area contributed by atoms with E-state index in [4.69, 9.17) is 0 Å². The van der Waals surface area contributed by atoms with Crippen molar-refractivity contribution in [1.82, 2.24) is 14.5 Å². The molecule has 2 aromatic rings. The Balaban J connectivity index is 1.41. The van der Waals surface area contributed by atoms with Gasteiger partial charge in [0.25, 0.3) is 5.56 Å². The lowest BCUT2D eigenvalue weighted by Crippen LogP contribution is -2.52. The summed E-state index contributed by atoms with van der Waals surface area (Å²) in [5, 5.41) is 2.91. The Kier molecular flexibility index (Phi) is 7.87. The van der Waals surface area contributed by atoms with E-state index < -0.39 is 7.60 Å². The minimum absolute atomic E-state index is 0.00573. The molecule has 3 fully saturated rings. The van der Waals surface area contributed by atoms with Crippen LogP contribution in [0.3, 0.4) is 0 Å². The summed E-state index contributed by atoms with van der Waals surface area (Å²) in [7, 11) is -4.15. The van der Waals surface area contributed by atoms with Crippen molar-refractivity contribution in [3.05, 3.63) is 34.6 Å². The van der Waals surface area contributed by atoms with Crippen LogP contribution in [0.4, 0.5) is 5.82 Å². The van der Waals surface area contributed by atoms with E-state index in [-0.39, 0.29) is 30.1 Å². The standard InChI is InChI=1S/C27H41N4O4P/c1-2-6-21-18-22(11-13-30(21)23-16-19-7-5-8-20(15-19)17-23)31-25-10-4-3-9-24(25)29-26(27(31)32)28-12-14-36(33,34)35/h3-4,9-10,19-23H,2,5-8,11-18H2,1H3,(H,28,29)(H2,33,34,35)/t19-,20+,21-,22-,23?/m1/s1. The third-order valence-corrected chi connectivity index (χ3v) is 9.59. The molecular formula is C27H41N4O4P. The molecule has 36 heavy (non-hydrogen) atoms. The van der Waals surface area contributed by atoms with Crippen LogP contribution in [0.25, 0.3) is 11.0 Å². The maximum absolute atomic E-state index is 13.6. The Hall–Kier alpha value is -1.73. The third kappa shape index (κ3) is 5.72. The highest BCUT2D eigenvalue weighted by atomic mass is 31.2. The molecule has 2 bridgehead atoms. The van der Waals surface area contributed by atoms with E-state index >= 15 is 0 Å². The molecule has 8 nitrogen and oxygen atoms in total. The van der Waals surface area contributed by atoms with Gasteiger partial charge in [0, 0.05) is 31.2 Å². The van der Waals surface area contributed by atoms with Crippen LogP contribution in [-0.4, -0.2) is 55.6 Å². The van der Waals surface area contributed by atoms with E-state index in [1.807, 2.05) is 28.8 Å². The van der Waals surface area contributed by atoms with E-state index in [1.54, 1.807) is 0 Å². The lowest BCUT2D eigenvalue weighted by atomic mass is 9.69. The zero-order valence-electron chi connectivity index (χ0n) is 21.4. The van der Waals surface area contributed by atoms with Crippen LogP contribution < -0.4 is 10.9 Å². The van der Waals surface area contributed by atoms with Gasteiger partial charge in [0.1, 0.15) is 0 Å². The molecule has 1 saturated heterocycles. The van der Waals surface area contributed by atoms with Crippen molar-refractivity contribution in [2.45, 2.75) is 89.3 Å². The smallest absolute Gasteiger partial charge is 0.327 e. The van der Waals surface area contributed by atoms with E-state index in [9.17, 15) is 19.1 Å². The molecule has 1 aromatic carbocycles. The third-order valence-electron chi connectivity index (χ3n) is 8.78. The number of likely N-dealkylation sites (tertiary alicyclic amines) is 1. The number of para-hydroxylation sites is 2. The first kappa shape index (κ1) is 25.9. The van der Waals surface area contributed by atoms with Crippen molar-refractivity contribution < 1.29 is 14.4 Å². The molecule has 0 spiro atoms. The van der Waals surface area contributed by atoms with E-state index in [0.717, 1.165) is 55.1 Å². The number of benzene rings is 1. The second-order valence-electron chi connectivity index (χ2n) is 11.3. The molecule has 1 aliphatic heterocycles. The molecular weight excluding hydrogens is 475 g/mol. The van der Waals surface area contributed by atoms with Crippen LogP contribution in [0.1, 0.15) is 77.2 Å². The summed E-state index contributed by atoms with van der Waals surface area (Å²) in [6.45, 7) is 3.28. The molecule has 3 aliphatic rings. The number of nitrogens with one attached hydrogen (secondary N) is 1. The fourth-order valence-electron chi connectivity index (χ4n) is 7.30. The van der Waals surface area contributed by atoms with Gasteiger partial charge in [-0.3, -0.25) is 14.3 Å². The molecule has 5 atom stereocenters. The first-order valence-electron chi connectivity index (χ1n) is 13.9. The van der Waals surface area contributed by atoms with Gasteiger partial charge in [-0.1, -0.05) is 44.7 Å². The lowest BCUT2D eigenvalue weighted by molar-refractivity contribution is 0.0107. The molecule has 9 heteroatoms.